The predicted octanol–water partition coefficient (Wildman–Crippen LogP) is 3.04. The van der Waals surface area contributed by atoms with Gasteiger partial charge in [0.1, 0.15) is 5.75 Å². The van der Waals surface area contributed by atoms with Crippen molar-refractivity contribution < 1.29 is 9.47 Å². The van der Waals surface area contributed by atoms with E-state index in [9.17, 15) is 0 Å². The number of hydrogen-bond acceptors (Lipinski definition) is 4. The quantitative estimate of drug-likeness (QED) is 0.658. The van der Waals surface area contributed by atoms with Crippen molar-refractivity contribution in [1.29, 1.82) is 0 Å². The number of nitrogens with zero attached hydrogens (tertiary/aromatic N) is 1. The van der Waals surface area contributed by atoms with Gasteiger partial charge in [-0.05, 0) is 30.2 Å². The first kappa shape index (κ1) is 15.8. The lowest BCUT2D eigenvalue weighted by atomic mass is 10.0. The monoisotopic (exact) mass is 312 g/mol. The van der Waals surface area contributed by atoms with Crippen molar-refractivity contribution in [2.75, 3.05) is 45.2 Å². The van der Waals surface area contributed by atoms with Crippen LogP contribution in [0.3, 0.4) is 0 Å². The van der Waals surface area contributed by atoms with Crippen molar-refractivity contribution in [2.45, 2.75) is 6.42 Å². The second-order valence-electron chi connectivity index (χ2n) is 5.78. The first-order valence-corrected chi connectivity index (χ1v) is 8.21. The number of nitrogens with two attached hydrogens (primary N) is 1. The van der Waals surface area contributed by atoms with Gasteiger partial charge < -0.3 is 15.2 Å². The van der Waals surface area contributed by atoms with E-state index in [2.05, 4.69) is 17.0 Å². The molecule has 0 atom stereocenters. The van der Waals surface area contributed by atoms with E-state index in [1.807, 2.05) is 36.4 Å². The van der Waals surface area contributed by atoms with E-state index in [4.69, 9.17) is 15.2 Å². The van der Waals surface area contributed by atoms with E-state index >= 15 is 0 Å². The summed E-state index contributed by atoms with van der Waals surface area (Å²) in [6.07, 6.45) is 1.01. The largest absolute Gasteiger partial charge is 0.493 e. The van der Waals surface area contributed by atoms with Gasteiger partial charge in [0, 0.05) is 30.9 Å². The molecule has 122 valence electrons. The van der Waals surface area contributed by atoms with Crippen LogP contribution in [-0.2, 0) is 4.74 Å². The number of ether oxygens (including phenoxy) is 2. The SMILES string of the molecule is Nc1ccc(OCCCN2CCOCC2)c(-c2ccccc2)c1. The normalized spacial score (nSPS) is 15.5. The lowest BCUT2D eigenvalue weighted by Gasteiger charge is -2.26. The number of benzene rings is 2. The highest BCUT2D eigenvalue weighted by molar-refractivity contribution is 5.73. The third-order valence-corrected chi connectivity index (χ3v) is 4.07. The van der Waals surface area contributed by atoms with Gasteiger partial charge in [0.05, 0.1) is 19.8 Å². The molecule has 1 saturated heterocycles. The van der Waals surface area contributed by atoms with Crippen molar-refractivity contribution in [1.82, 2.24) is 4.90 Å². The number of anilines is 1. The Morgan fingerprint density at radius 1 is 1.04 bits per heavy atom. The zero-order valence-corrected chi connectivity index (χ0v) is 13.4. The molecule has 0 aromatic heterocycles. The molecule has 2 aromatic rings. The summed E-state index contributed by atoms with van der Waals surface area (Å²) in [4.78, 5) is 2.42. The second-order valence-corrected chi connectivity index (χ2v) is 5.78. The molecule has 0 unspecified atom stereocenters. The van der Waals surface area contributed by atoms with Gasteiger partial charge in [0.25, 0.3) is 0 Å². The highest BCUT2D eigenvalue weighted by Gasteiger charge is 2.10. The van der Waals surface area contributed by atoms with Crippen LogP contribution >= 0.6 is 0 Å². The van der Waals surface area contributed by atoms with Crippen LogP contribution in [0.2, 0.25) is 0 Å². The van der Waals surface area contributed by atoms with E-state index < -0.39 is 0 Å². The Morgan fingerprint density at radius 3 is 2.61 bits per heavy atom. The maximum Gasteiger partial charge on any atom is 0.127 e. The van der Waals surface area contributed by atoms with Gasteiger partial charge in [0.15, 0.2) is 0 Å². The fraction of sp³-hybridized carbons (Fsp3) is 0.368. The molecule has 4 nitrogen and oxygen atoms in total. The van der Waals surface area contributed by atoms with Gasteiger partial charge in [-0.3, -0.25) is 4.90 Å². The van der Waals surface area contributed by atoms with E-state index in [0.717, 1.165) is 61.8 Å². The molecule has 2 N–H and O–H groups in total. The highest BCUT2D eigenvalue weighted by Crippen LogP contribution is 2.31. The summed E-state index contributed by atoms with van der Waals surface area (Å²) in [7, 11) is 0. The molecular formula is C19H24N2O2. The van der Waals surface area contributed by atoms with Crippen LogP contribution in [0.4, 0.5) is 5.69 Å². The summed E-state index contributed by atoms with van der Waals surface area (Å²) in [5.41, 5.74) is 8.88. The molecule has 0 amide bonds. The predicted molar refractivity (Wildman–Crippen MR) is 93.7 cm³/mol. The number of nitrogen functional groups attached to an aromatic ring is 1. The van der Waals surface area contributed by atoms with Crippen LogP contribution in [0, 0.1) is 0 Å². The molecule has 0 aliphatic carbocycles. The standard InChI is InChI=1S/C19H24N2O2/c20-17-7-8-19(18(15-17)16-5-2-1-3-6-16)23-12-4-9-21-10-13-22-14-11-21/h1-3,5-8,15H,4,9-14,20H2. The average molecular weight is 312 g/mol. The maximum absolute atomic E-state index is 6.02. The van der Waals surface area contributed by atoms with Crippen LogP contribution in [0.1, 0.15) is 6.42 Å². The van der Waals surface area contributed by atoms with Crippen molar-refractivity contribution in [3.63, 3.8) is 0 Å². The van der Waals surface area contributed by atoms with Crippen molar-refractivity contribution >= 4 is 5.69 Å². The van der Waals surface area contributed by atoms with Gasteiger partial charge in [-0.15, -0.1) is 0 Å². The minimum Gasteiger partial charge on any atom is -0.493 e. The number of hydrogen-bond donors (Lipinski definition) is 1. The Morgan fingerprint density at radius 2 is 1.83 bits per heavy atom. The third-order valence-electron chi connectivity index (χ3n) is 4.07. The van der Waals surface area contributed by atoms with Crippen molar-refractivity contribution in [3.8, 4) is 16.9 Å². The fourth-order valence-electron chi connectivity index (χ4n) is 2.81. The highest BCUT2D eigenvalue weighted by atomic mass is 16.5. The Kier molecular flexibility index (Phi) is 5.51. The second kappa shape index (κ2) is 7.99. The molecular weight excluding hydrogens is 288 g/mol. The summed E-state index contributed by atoms with van der Waals surface area (Å²) >= 11 is 0. The molecule has 1 aliphatic rings. The van der Waals surface area contributed by atoms with E-state index in [1.54, 1.807) is 0 Å². The van der Waals surface area contributed by atoms with E-state index in [-0.39, 0.29) is 0 Å². The number of morpholine rings is 1. The minimum atomic E-state index is 0.709. The summed E-state index contributed by atoms with van der Waals surface area (Å²) in [6.45, 7) is 5.50. The van der Waals surface area contributed by atoms with Gasteiger partial charge in [0.2, 0.25) is 0 Å². The molecule has 3 rings (SSSR count). The topological polar surface area (TPSA) is 47.7 Å². The molecule has 23 heavy (non-hydrogen) atoms. The first-order valence-electron chi connectivity index (χ1n) is 8.21. The van der Waals surface area contributed by atoms with Gasteiger partial charge >= 0.3 is 0 Å². The molecule has 0 bridgehead atoms. The van der Waals surface area contributed by atoms with Crippen molar-refractivity contribution in [2.24, 2.45) is 0 Å². The summed E-state index contributed by atoms with van der Waals surface area (Å²) in [5.74, 6) is 0.896. The molecule has 1 heterocycles. The Hall–Kier alpha value is -2.04. The molecule has 0 spiro atoms. The van der Waals surface area contributed by atoms with Crippen LogP contribution in [0.5, 0.6) is 5.75 Å². The summed E-state index contributed by atoms with van der Waals surface area (Å²) < 4.78 is 11.4. The molecule has 0 saturated carbocycles. The Bertz CT molecular complexity index is 610. The number of rotatable bonds is 6. The van der Waals surface area contributed by atoms with E-state index in [1.165, 1.54) is 0 Å². The van der Waals surface area contributed by atoms with Crippen LogP contribution in [-0.4, -0.2) is 44.4 Å². The summed E-state index contributed by atoms with van der Waals surface area (Å²) in [5, 5.41) is 0. The van der Waals surface area contributed by atoms with Crippen molar-refractivity contribution in [3.05, 3.63) is 48.5 Å². The van der Waals surface area contributed by atoms with Crippen LogP contribution in [0.25, 0.3) is 11.1 Å². The maximum atomic E-state index is 6.02. The molecule has 2 aromatic carbocycles. The zero-order chi connectivity index (χ0) is 15.9. The lowest BCUT2D eigenvalue weighted by Crippen LogP contribution is -2.37. The molecule has 1 aliphatic heterocycles. The van der Waals surface area contributed by atoms with Gasteiger partial charge in [-0.25, -0.2) is 0 Å². The fourth-order valence-corrected chi connectivity index (χ4v) is 2.81. The minimum absolute atomic E-state index is 0.709. The summed E-state index contributed by atoms with van der Waals surface area (Å²) in [6, 6.07) is 16.1. The van der Waals surface area contributed by atoms with Crippen LogP contribution < -0.4 is 10.5 Å². The molecule has 0 radical (unpaired) electrons. The van der Waals surface area contributed by atoms with Gasteiger partial charge in [-0.1, -0.05) is 30.3 Å². The van der Waals surface area contributed by atoms with Gasteiger partial charge in [-0.2, -0.15) is 0 Å². The molecule has 1 fully saturated rings. The Labute approximate surface area is 137 Å². The van der Waals surface area contributed by atoms with Crippen LogP contribution in [0.15, 0.2) is 48.5 Å². The lowest BCUT2D eigenvalue weighted by molar-refractivity contribution is 0.0358. The zero-order valence-electron chi connectivity index (χ0n) is 13.4. The smallest absolute Gasteiger partial charge is 0.127 e. The average Bonchev–Trinajstić information content (AvgIpc) is 2.61. The first-order chi connectivity index (χ1) is 11.3. The Balaban J connectivity index is 1.59. The van der Waals surface area contributed by atoms with E-state index in [0.29, 0.717) is 6.61 Å². The third kappa shape index (κ3) is 4.47. The molecule has 4 heteroatoms.